The second-order valence-electron chi connectivity index (χ2n) is 3.49. The van der Waals surface area contributed by atoms with Crippen LogP contribution in [0.5, 0.6) is 0 Å². The van der Waals surface area contributed by atoms with Gasteiger partial charge in [0.15, 0.2) is 5.82 Å². The molecule has 0 aliphatic rings. The van der Waals surface area contributed by atoms with E-state index in [4.69, 9.17) is 11.6 Å². The van der Waals surface area contributed by atoms with Gasteiger partial charge >= 0.3 is 0 Å². The number of aromatic nitrogens is 2. The van der Waals surface area contributed by atoms with Crippen LogP contribution in [0.3, 0.4) is 0 Å². The number of carbonyl (C=O) groups excluding carboxylic acids is 1. The number of anilines is 1. The summed E-state index contributed by atoms with van der Waals surface area (Å²) in [4.78, 5) is 19.2. The lowest BCUT2D eigenvalue weighted by molar-refractivity contribution is -0.117. The monoisotopic (exact) mass is 227 g/mol. The first-order chi connectivity index (χ1) is 7.11. The summed E-state index contributed by atoms with van der Waals surface area (Å²) in [7, 11) is 0. The second-order valence-corrected chi connectivity index (χ2v) is 3.88. The van der Waals surface area contributed by atoms with Gasteiger partial charge in [0.05, 0.1) is 12.4 Å². The Morgan fingerprint density at radius 1 is 1.60 bits per heavy atom. The van der Waals surface area contributed by atoms with Crippen molar-refractivity contribution < 1.29 is 4.79 Å². The quantitative estimate of drug-likeness (QED) is 0.860. The van der Waals surface area contributed by atoms with Crippen LogP contribution >= 0.6 is 11.6 Å². The lowest BCUT2D eigenvalue weighted by Crippen LogP contribution is -2.15. The predicted octanol–water partition coefficient (Wildman–Crippen LogP) is 2.50. The minimum Gasteiger partial charge on any atom is -0.309 e. The van der Waals surface area contributed by atoms with Crippen molar-refractivity contribution in [2.24, 2.45) is 5.92 Å². The van der Waals surface area contributed by atoms with Crippen molar-refractivity contribution in [1.29, 1.82) is 0 Å². The normalized spacial score (nSPS) is 12.2. The van der Waals surface area contributed by atoms with Gasteiger partial charge in [-0.2, -0.15) is 0 Å². The fourth-order valence-corrected chi connectivity index (χ4v) is 1.20. The van der Waals surface area contributed by atoms with Crippen LogP contribution in [0.1, 0.15) is 26.7 Å². The molecule has 0 radical (unpaired) electrons. The molecular weight excluding hydrogens is 214 g/mol. The molecule has 0 bridgehead atoms. The molecule has 1 rings (SSSR count). The summed E-state index contributed by atoms with van der Waals surface area (Å²) in [6.45, 7) is 4.08. The molecule has 0 fully saturated rings. The van der Waals surface area contributed by atoms with E-state index in [0.29, 0.717) is 18.2 Å². The van der Waals surface area contributed by atoms with E-state index in [2.05, 4.69) is 22.2 Å². The van der Waals surface area contributed by atoms with Crippen molar-refractivity contribution in [1.82, 2.24) is 9.97 Å². The average molecular weight is 228 g/mol. The summed E-state index contributed by atoms with van der Waals surface area (Å²) in [6.07, 6.45) is 4.37. The molecule has 0 saturated carbocycles. The molecule has 5 heteroatoms. The summed E-state index contributed by atoms with van der Waals surface area (Å²) in [5, 5.41) is 2.93. The first-order valence-corrected chi connectivity index (χ1v) is 5.27. The van der Waals surface area contributed by atoms with Gasteiger partial charge in [-0.1, -0.05) is 31.9 Å². The highest BCUT2D eigenvalue weighted by atomic mass is 35.5. The Labute approximate surface area is 94.1 Å². The Kier molecular flexibility index (Phi) is 4.49. The van der Waals surface area contributed by atoms with Crippen LogP contribution in [0.25, 0.3) is 0 Å². The van der Waals surface area contributed by atoms with Gasteiger partial charge in [-0.15, -0.1) is 0 Å². The van der Waals surface area contributed by atoms with Crippen LogP contribution in [-0.4, -0.2) is 15.9 Å². The van der Waals surface area contributed by atoms with Crippen LogP contribution in [0, 0.1) is 5.92 Å². The number of hydrogen-bond donors (Lipinski definition) is 1. The Morgan fingerprint density at radius 3 is 2.93 bits per heavy atom. The summed E-state index contributed by atoms with van der Waals surface area (Å²) < 4.78 is 0. The van der Waals surface area contributed by atoms with Gasteiger partial charge in [0.2, 0.25) is 5.91 Å². The maximum atomic E-state index is 11.5. The van der Waals surface area contributed by atoms with E-state index in [9.17, 15) is 4.79 Å². The van der Waals surface area contributed by atoms with Crippen molar-refractivity contribution in [3.8, 4) is 0 Å². The van der Waals surface area contributed by atoms with Gasteiger partial charge in [-0.25, -0.2) is 4.98 Å². The van der Waals surface area contributed by atoms with Gasteiger partial charge in [-0.3, -0.25) is 9.78 Å². The molecule has 1 N–H and O–H groups in total. The summed E-state index contributed by atoms with van der Waals surface area (Å²) in [5.74, 6) is 0.717. The molecule has 1 heterocycles. The van der Waals surface area contributed by atoms with Gasteiger partial charge < -0.3 is 5.32 Å². The zero-order chi connectivity index (χ0) is 11.3. The molecule has 1 aromatic heterocycles. The number of carbonyl (C=O) groups is 1. The van der Waals surface area contributed by atoms with E-state index >= 15 is 0 Å². The molecule has 0 aromatic carbocycles. The van der Waals surface area contributed by atoms with Crippen molar-refractivity contribution in [3.05, 3.63) is 17.5 Å². The first kappa shape index (κ1) is 11.9. The molecule has 15 heavy (non-hydrogen) atoms. The maximum absolute atomic E-state index is 11.5. The molecule has 1 aromatic rings. The molecule has 1 unspecified atom stereocenters. The van der Waals surface area contributed by atoms with E-state index in [1.54, 1.807) is 0 Å². The van der Waals surface area contributed by atoms with Gasteiger partial charge in [0, 0.05) is 6.42 Å². The lowest BCUT2D eigenvalue weighted by atomic mass is 10.1. The molecule has 0 aliphatic carbocycles. The fraction of sp³-hybridized carbons (Fsp3) is 0.500. The number of rotatable bonds is 4. The van der Waals surface area contributed by atoms with Gasteiger partial charge in [-0.05, 0) is 5.92 Å². The number of hydrogen-bond acceptors (Lipinski definition) is 3. The van der Waals surface area contributed by atoms with Gasteiger partial charge in [0.25, 0.3) is 0 Å². The number of nitrogens with zero attached hydrogens (tertiary/aromatic N) is 2. The van der Waals surface area contributed by atoms with Crippen LogP contribution in [0.4, 0.5) is 5.82 Å². The van der Waals surface area contributed by atoms with Crippen molar-refractivity contribution in [2.45, 2.75) is 26.7 Å². The van der Waals surface area contributed by atoms with Crippen LogP contribution < -0.4 is 5.32 Å². The Morgan fingerprint density at radius 2 is 2.33 bits per heavy atom. The third-order valence-electron chi connectivity index (χ3n) is 2.10. The molecule has 0 aliphatic heterocycles. The largest absolute Gasteiger partial charge is 0.309 e. The fourth-order valence-electron chi connectivity index (χ4n) is 1.06. The highest BCUT2D eigenvalue weighted by Gasteiger charge is 2.08. The predicted molar refractivity (Wildman–Crippen MR) is 59.7 cm³/mol. The molecule has 0 spiro atoms. The Hall–Kier alpha value is -1.16. The highest BCUT2D eigenvalue weighted by molar-refractivity contribution is 6.29. The Bertz CT molecular complexity index is 343. The van der Waals surface area contributed by atoms with Crippen molar-refractivity contribution in [2.75, 3.05) is 5.32 Å². The van der Waals surface area contributed by atoms with Crippen LogP contribution in [0.15, 0.2) is 12.4 Å². The molecule has 4 nitrogen and oxygen atoms in total. The SMILES string of the molecule is CCC(C)CC(=O)Nc1cncc(Cl)n1. The lowest BCUT2D eigenvalue weighted by Gasteiger charge is -2.08. The molecule has 1 atom stereocenters. The zero-order valence-corrected chi connectivity index (χ0v) is 9.58. The van der Waals surface area contributed by atoms with Crippen LogP contribution in [-0.2, 0) is 4.79 Å². The minimum atomic E-state index is -0.0547. The molecule has 1 amide bonds. The van der Waals surface area contributed by atoms with E-state index in [0.717, 1.165) is 6.42 Å². The van der Waals surface area contributed by atoms with Crippen LogP contribution in [0.2, 0.25) is 5.15 Å². The number of nitrogens with one attached hydrogen (secondary N) is 1. The molecule has 82 valence electrons. The first-order valence-electron chi connectivity index (χ1n) is 4.89. The number of amides is 1. The standard InChI is InChI=1S/C10H14ClN3O/c1-3-7(2)4-10(15)14-9-6-12-5-8(11)13-9/h5-7H,3-4H2,1-2H3,(H,13,14,15). The van der Waals surface area contributed by atoms with E-state index < -0.39 is 0 Å². The van der Waals surface area contributed by atoms with E-state index in [1.807, 2.05) is 6.92 Å². The van der Waals surface area contributed by atoms with E-state index in [1.165, 1.54) is 12.4 Å². The minimum absolute atomic E-state index is 0.0547. The maximum Gasteiger partial charge on any atom is 0.225 e. The average Bonchev–Trinajstić information content (AvgIpc) is 2.17. The van der Waals surface area contributed by atoms with Gasteiger partial charge in [0.1, 0.15) is 5.15 Å². The summed E-state index contributed by atoms with van der Waals surface area (Å²) in [5.41, 5.74) is 0. The van der Waals surface area contributed by atoms with Crippen molar-refractivity contribution >= 4 is 23.3 Å². The summed E-state index contributed by atoms with van der Waals surface area (Å²) in [6, 6.07) is 0. The topological polar surface area (TPSA) is 54.9 Å². The third kappa shape index (κ3) is 4.25. The zero-order valence-electron chi connectivity index (χ0n) is 8.83. The van der Waals surface area contributed by atoms with Crippen molar-refractivity contribution in [3.63, 3.8) is 0 Å². The molecule has 0 saturated heterocycles. The summed E-state index contributed by atoms with van der Waals surface area (Å²) >= 11 is 5.64. The smallest absolute Gasteiger partial charge is 0.225 e. The highest BCUT2D eigenvalue weighted by Crippen LogP contribution is 2.10. The second kappa shape index (κ2) is 5.66. The third-order valence-corrected chi connectivity index (χ3v) is 2.29. The van der Waals surface area contributed by atoms with E-state index in [-0.39, 0.29) is 11.1 Å². The number of halogens is 1. The Balaban J connectivity index is 2.51. The molecular formula is C10H14ClN3O.